The molecule has 15 heavy (non-hydrogen) atoms. The van der Waals surface area contributed by atoms with Crippen molar-refractivity contribution in [1.29, 1.82) is 0 Å². The minimum absolute atomic E-state index is 0.0458. The van der Waals surface area contributed by atoms with Crippen molar-refractivity contribution in [2.45, 2.75) is 6.04 Å². The van der Waals surface area contributed by atoms with E-state index in [1.807, 2.05) is 0 Å². The molecule has 0 saturated carbocycles. The summed E-state index contributed by atoms with van der Waals surface area (Å²) in [6, 6.07) is -0.211. The summed E-state index contributed by atoms with van der Waals surface area (Å²) < 4.78 is 4.91. The molecule has 0 radical (unpaired) electrons. The van der Waals surface area contributed by atoms with E-state index in [1.165, 1.54) is 6.20 Å². The predicted octanol–water partition coefficient (Wildman–Crippen LogP) is -0.819. The summed E-state index contributed by atoms with van der Waals surface area (Å²) in [5, 5.41) is 12.0. The van der Waals surface area contributed by atoms with Gasteiger partial charge in [-0.15, -0.1) is 0 Å². The number of nitrogens with one attached hydrogen (secondary N) is 2. The molecule has 1 aromatic rings. The Morgan fingerprint density at radius 2 is 2.27 bits per heavy atom. The number of ether oxygens (including phenoxy) is 1. The van der Waals surface area contributed by atoms with Crippen LogP contribution in [0.4, 0.5) is 11.6 Å². The van der Waals surface area contributed by atoms with Gasteiger partial charge >= 0.3 is 0 Å². The lowest BCUT2D eigenvalue weighted by Gasteiger charge is -2.15. The Hall–Kier alpha value is -1.44. The third-order valence-corrected chi connectivity index (χ3v) is 1.72. The molecule has 84 valence electrons. The maximum Gasteiger partial charge on any atom is 0.160 e. The van der Waals surface area contributed by atoms with Gasteiger partial charge in [-0.1, -0.05) is 0 Å². The minimum atomic E-state index is -0.211. The lowest BCUT2D eigenvalue weighted by Crippen LogP contribution is -2.29. The van der Waals surface area contributed by atoms with Crippen LogP contribution in [0.5, 0.6) is 0 Å². The highest BCUT2D eigenvalue weighted by Crippen LogP contribution is 2.06. The van der Waals surface area contributed by atoms with Crippen molar-refractivity contribution >= 4 is 11.6 Å². The van der Waals surface area contributed by atoms with Crippen LogP contribution in [0.3, 0.4) is 0 Å². The molecular weight excluding hydrogens is 198 g/mol. The molecule has 1 rings (SSSR count). The van der Waals surface area contributed by atoms with Gasteiger partial charge in [0, 0.05) is 7.11 Å². The molecule has 7 heteroatoms. The second-order valence-electron chi connectivity index (χ2n) is 2.91. The van der Waals surface area contributed by atoms with E-state index < -0.39 is 0 Å². The molecule has 0 aliphatic rings. The average molecular weight is 213 g/mol. The number of nitrogens with two attached hydrogens (primary N) is 1. The first kappa shape index (κ1) is 11.6. The fourth-order valence-corrected chi connectivity index (χ4v) is 1.06. The largest absolute Gasteiger partial charge is 0.394 e. The molecule has 1 atom stereocenters. The SMILES string of the molecule is COCC(CO)Nc1cncc(NN)n1. The van der Waals surface area contributed by atoms with Gasteiger partial charge in [-0.2, -0.15) is 0 Å². The van der Waals surface area contributed by atoms with Crippen LogP contribution in [0.1, 0.15) is 0 Å². The van der Waals surface area contributed by atoms with E-state index in [1.54, 1.807) is 13.3 Å². The van der Waals surface area contributed by atoms with Crippen molar-refractivity contribution in [2.75, 3.05) is 31.1 Å². The third-order valence-electron chi connectivity index (χ3n) is 1.72. The summed E-state index contributed by atoms with van der Waals surface area (Å²) >= 11 is 0. The van der Waals surface area contributed by atoms with Crippen LogP contribution in [0.15, 0.2) is 12.4 Å². The molecule has 0 spiro atoms. The number of aliphatic hydroxyl groups is 1. The molecule has 0 aliphatic carbocycles. The molecule has 1 heterocycles. The van der Waals surface area contributed by atoms with Crippen molar-refractivity contribution in [1.82, 2.24) is 9.97 Å². The average Bonchev–Trinajstić information content (AvgIpc) is 2.29. The van der Waals surface area contributed by atoms with Crippen LogP contribution in [-0.2, 0) is 4.74 Å². The number of nitrogens with zero attached hydrogens (tertiary/aromatic N) is 2. The topological polar surface area (TPSA) is 105 Å². The molecule has 0 aliphatic heterocycles. The van der Waals surface area contributed by atoms with Gasteiger partial charge in [0.2, 0.25) is 0 Å². The number of anilines is 2. The summed E-state index contributed by atoms with van der Waals surface area (Å²) in [7, 11) is 1.56. The van der Waals surface area contributed by atoms with Crippen LogP contribution in [0, 0.1) is 0 Å². The van der Waals surface area contributed by atoms with Gasteiger partial charge < -0.3 is 20.6 Å². The highest BCUT2D eigenvalue weighted by Gasteiger charge is 2.07. The van der Waals surface area contributed by atoms with Crippen molar-refractivity contribution in [2.24, 2.45) is 5.84 Å². The first-order valence-corrected chi connectivity index (χ1v) is 4.45. The van der Waals surface area contributed by atoms with Crippen LogP contribution >= 0.6 is 0 Å². The summed E-state index contributed by atoms with van der Waals surface area (Å²) in [5.41, 5.74) is 2.38. The molecule has 1 aromatic heterocycles. The fourth-order valence-electron chi connectivity index (χ4n) is 1.06. The maximum absolute atomic E-state index is 9.01. The van der Waals surface area contributed by atoms with Crippen molar-refractivity contribution in [3.05, 3.63) is 12.4 Å². The standard InChI is InChI=1S/C8H15N5O2/c1-15-5-6(4-14)11-7-2-10-3-8(12-7)13-9/h2-3,6,14H,4-5,9H2,1H3,(H2,11,12,13). The van der Waals surface area contributed by atoms with E-state index in [0.717, 1.165) is 0 Å². The first-order chi connectivity index (χ1) is 7.30. The highest BCUT2D eigenvalue weighted by molar-refractivity contribution is 5.41. The smallest absolute Gasteiger partial charge is 0.160 e. The Balaban J connectivity index is 2.61. The van der Waals surface area contributed by atoms with Crippen LogP contribution in [-0.4, -0.2) is 41.4 Å². The van der Waals surface area contributed by atoms with E-state index in [-0.39, 0.29) is 12.6 Å². The van der Waals surface area contributed by atoms with Gasteiger partial charge in [0.05, 0.1) is 31.6 Å². The van der Waals surface area contributed by atoms with E-state index in [9.17, 15) is 0 Å². The molecule has 0 bridgehead atoms. The minimum Gasteiger partial charge on any atom is -0.394 e. The quantitative estimate of drug-likeness (QED) is 0.361. The molecule has 1 unspecified atom stereocenters. The second kappa shape index (κ2) is 6.12. The number of hydrogen-bond acceptors (Lipinski definition) is 7. The number of nitrogen functional groups attached to an aromatic ring is 1. The zero-order valence-electron chi connectivity index (χ0n) is 8.47. The van der Waals surface area contributed by atoms with Crippen LogP contribution in [0.2, 0.25) is 0 Å². The van der Waals surface area contributed by atoms with E-state index in [4.69, 9.17) is 15.7 Å². The Morgan fingerprint density at radius 1 is 1.53 bits per heavy atom. The Bertz CT molecular complexity index is 296. The number of hydrazine groups is 1. The highest BCUT2D eigenvalue weighted by atomic mass is 16.5. The number of rotatable bonds is 6. The van der Waals surface area contributed by atoms with Gasteiger partial charge in [0.25, 0.3) is 0 Å². The second-order valence-corrected chi connectivity index (χ2v) is 2.91. The van der Waals surface area contributed by atoms with Crippen molar-refractivity contribution in [3.63, 3.8) is 0 Å². The number of methoxy groups -OCH3 is 1. The van der Waals surface area contributed by atoms with Gasteiger partial charge in [0.1, 0.15) is 5.82 Å². The molecule has 0 fully saturated rings. The summed E-state index contributed by atoms with van der Waals surface area (Å²) in [5.74, 6) is 6.17. The molecule has 5 N–H and O–H groups in total. The first-order valence-electron chi connectivity index (χ1n) is 4.45. The zero-order chi connectivity index (χ0) is 11.1. The van der Waals surface area contributed by atoms with Crippen LogP contribution < -0.4 is 16.6 Å². The Morgan fingerprint density at radius 3 is 2.87 bits per heavy atom. The maximum atomic E-state index is 9.01. The zero-order valence-corrected chi connectivity index (χ0v) is 8.47. The molecular formula is C8H15N5O2. The molecule has 7 nitrogen and oxygen atoms in total. The molecule has 0 saturated heterocycles. The Kier molecular flexibility index (Phi) is 4.75. The number of aromatic nitrogens is 2. The molecule has 0 aromatic carbocycles. The van der Waals surface area contributed by atoms with Crippen molar-refractivity contribution < 1.29 is 9.84 Å². The van der Waals surface area contributed by atoms with Crippen LogP contribution in [0.25, 0.3) is 0 Å². The normalized spacial score (nSPS) is 12.2. The summed E-state index contributed by atoms with van der Waals surface area (Å²) in [4.78, 5) is 8.00. The molecule has 0 amide bonds. The third kappa shape index (κ3) is 3.66. The predicted molar refractivity (Wildman–Crippen MR) is 56.2 cm³/mol. The fraction of sp³-hybridized carbons (Fsp3) is 0.500. The van der Waals surface area contributed by atoms with Gasteiger partial charge in [0.15, 0.2) is 5.82 Å². The summed E-state index contributed by atoms with van der Waals surface area (Å²) in [6.45, 7) is 0.342. The van der Waals surface area contributed by atoms with E-state index >= 15 is 0 Å². The van der Waals surface area contributed by atoms with Gasteiger partial charge in [-0.05, 0) is 0 Å². The number of hydrogen-bond donors (Lipinski definition) is 4. The lowest BCUT2D eigenvalue weighted by atomic mass is 10.3. The van der Waals surface area contributed by atoms with Gasteiger partial charge in [-0.25, -0.2) is 10.8 Å². The lowest BCUT2D eigenvalue weighted by molar-refractivity contribution is 0.153. The van der Waals surface area contributed by atoms with Gasteiger partial charge in [-0.3, -0.25) is 4.98 Å². The van der Waals surface area contributed by atoms with E-state index in [2.05, 4.69) is 20.7 Å². The monoisotopic (exact) mass is 213 g/mol. The summed E-state index contributed by atoms with van der Waals surface area (Å²) in [6.07, 6.45) is 3.04. The Labute approximate surface area is 87.6 Å². The number of aliphatic hydroxyl groups excluding tert-OH is 1. The van der Waals surface area contributed by atoms with Crippen molar-refractivity contribution in [3.8, 4) is 0 Å². The van der Waals surface area contributed by atoms with E-state index in [0.29, 0.717) is 18.2 Å².